The van der Waals surface area contributed by atoms with Gasteiger partial charge in [-0.3, -0.25) is 9.59 Å². The first-order valence-electron chi connectivity index (χ1n) is 9.91. The average molecular weight is 397 g/mol. The summed E-state index contributed by atoms with van der Waals surface area (Å²) in [5.74, 6) is -0.371. The van der Waals surface area contributed by atoms with Crippen LogP contribution in [0, 0.1) is 6.92 Å². The topological polar surface area (TPSA) is 74.0 Å². The first-order chi connectivity index (χ1) is 14.6. The molecule has 5 nitrogen and oxygen atoms in total. The minimum atomic E-state index is -0.206. The summed E-state index contributed by atoms with van der Waals surface area (Å²) in [6.07, 6.45) is 2.73. The number of benzene rings is 3. The average Bonchev–Trinajstić information content (AvgIpc) is 3.16. The molecule has 0 aliphatic heterocycles. The Hall–Kier alpha value is -3.86. The lowest BCUT2D eigenvalue weighted by Gasteiger charge is -2.08. The highest BCUT2D eigenvalue weighted by Crippen LogP contribution is 2.20. The summed E-state index contributed by atoms with van der Waals surface area (Å²) in [5.41, 5.74) is 5.16. The Morgan fingerprint density at radius 1 is 0.867 bits per heavy atom. The van der Waals surface area contributed by atoms with Crippen molar-refractivity contribution in [3.05, 3.63) is 101 Å². The van der Waals surface area contributed by atoms with E-state index in [-0.39, 0.29) is 11.8 Å². The standard InChI is InChI=1S/C25H23N3O2/c1-17-10-11-23-22(14-17)20(16-27-23)12-13-26-24(29)19-8-5-9-21(15-19)28-25(30)18-6-3-2-4-7-18/h2-11,14-16,27H,12-13H2,1H3,(H,26,29)(H,28,30). The molecule has 5 heteroatoms. The molecule has 3 aromatic carbocycles. The van der Waals surface area contributed by atoms with E-state index in [1.807, 2.05) is 24.4 Å². The molecule has 3 N–H and O–H groups in total. The fraction of sp³-hybridized carbons (Fsp3) is 0.120. The highest BCUT2D eigenvalue weighted by molar-refractivity contribution is 6.05. The summed E-state index contributed by atoms with van der Waals surface area (Å²) in [6.45, 7) is 2.60. The third-order valence-electron chi connectivity index (χ3n) is 5.02. The van der Waals surface area contributed by atoms with Gasteiger partial charge in [0.25, 0.3) is 11.8 Å². The molecule has 30 heavy (non-hydrogen) atoms. The lowest BCUT2D eigenvalue weighted by atomic mass is 10.1. The van der Waals surface area contributed by atoms with Crippen molar-refractivity contribution in [3.63, 3.8) is 0 Å². The van der Waals surface area contributed by atoms with Gasteiger partial charge in [-0.25, -0.2) is 0 Å². The molecule has 0 radical (unpaired) electrons. The Balaban J connectivity index is 1.37. The van der Waals surface area contributed by atoms with Gasteiger partial charge in [0.05, 0.1) is 0 Å². The van der Waals surface area contributed by atoms with E-state index < -0.39 is 0 Å². The van der Waals surface area contributed by atoms with Crippen LogP contribution in [0.3, 0.4) is 0 Å². The largest absolute Gasteiger partial charge is 0.361 e. The van der Waals surface area contributed by atoms with Crippen LogP contribution >= 0.6 is 0 Å². The van der Waals surface area contributed by atoms with Crippen LogP contribution in [0.1, 0.15) is 31.8 Å². The maximum atomic E-state index is 12.6. The summed E-state index contributed by atoms with van der Waals surface area (Å²) >= 11 is 0. The molecule has 4 aromatic rings. The molecule has 0 fully saturated rings. The second-order valence-corrected chi connectivity index (χ2v) is 7.27. The predicted octanol–water partition coefficient (Wildman–Crippen LogP) is 4.70. The number of carbonyl (C=O) groups is 2. The van der Waals surface area contributed by atoms with Crippen molar-refractivity contribution in [2.24, 2.45) is 0 Å². The highest BCUT2D eigenvalue weighted by atomic mass is 16.2. The summed E-state index contributed by atoms with van der Waals surface area (Å²) in [7, 11) is 0. The molecule has 4 rings (SSSR count). The molecule has 2 amide bonds. The number of anilines is 1. The first-order valence-corrected chi connectivity index (χ1v) is 9.91. The molecule has 0 saturated carbocycles. The van der Waals surface area contributed by atoms with Gasteiger partial charge in [-0.05, 0) is 61.4 Å². The predicted molar refractivity (Wildman–Crippen MR) is 120 cm³/mol. The van der Waals surface area contributed by atoms with Gasteiger partial charge in [-0.2, -0.15) is 0 Å². The number of fused-ring (bicyclic) bond motifs is 1. The van der Waals surface area contributed by atoms with E-state index in [9.17, 15) is 9.59 Å². The van der Waals surface area contributed by atoms with Gasteiger partial charge in [-0.1, -0.05) is 35.9 Å². The zero-order chi connectivity index (χ0) is 20.9. The zero-order valence-corrected chi connectivity index (χ0v) is 16.7. The normalized spacial score (nSPS) is 10.7. The molecule has 150 valence electrons. The Morgan fingerprint density at radius 3 is 2.50 bits per heavy atom. The molecular formula is C25H23N3O2. The maximum Gasteiger partial charge on any atom is 0.255 e. The van der Waals surface area contributed by atoms with E-state index in [2.05, 4.69) is 40.7 Å². The van der Waals surface area contributed by atoms with Crippen LogP contribution in [0.15, 0.2) is 79.0 Å². The summed E-state index contributed by atoms with van der Waals surface area (Å²) in [6, 6.07) is 22.2. The van der Waals surface area contributed by atoms with E-state index in [1.54, 1.807) is 36.4 Å². The van der Waals surface area contributed by atoms with Gasteiger partial charge >= 0.3 is 0 Å². The van der Waals surface area contributed by atoms with E-state index in [4.69, 9.17) is 0 Å². The van der Waals surface area contributed by atoms with E-state index in [0.29, 0.717) is 23.4 Å². The van der Waals surface area contributed by atoms with Crippen molar-refractivity contribution >= 4 is 28.4 Å². The van der Waals surface area contributed by atoms with Crippen LogP contribution in [-0.4, -0.2) is 23.3 Å². The van der Waals surface area contributed by atoms with Gasteiger partial charge in [0, 0.05) is 40.5 Å². The molecule has 0 atom stereocenters. The van der Waals surface area contributed by atoms with Crippen molar-refractivity contribution < 1.29 is 9.59 Å². The van der Waals surface area contributed by atoms with E-state index >= 15 is 0 Å². The SMILES string of the molecule is Cc1ccc2[nH]cc(CCNC(=O)c3cccc(NC(=O)c4ccccc4)c3)c2c1. The van der Waals surface area contributed by atoms with Crippen LogP contribution in [0.25, 0.3) is 10.9 Å². The minimum Gasteiger partial charge on any atom is -0.361 e. The molecule has 0 saturated heterocycles. The number of rotatable bonds is 6. The number of amides is 2. The monoisotopic (exact) mass is 397 g/mol. The third kappa shape index (κ3) is 4.41. The molecule has 0 unspecified atom stereocenters. The zero-order valence-electron chi connectivity index (χ0n) is 16.7. The third-order valence-corrected chi connectivity index (χ3v) is 5.02. The Kier molecular flexibility index (Phi) is 5.61. The highest BCUT2D eigenvalue weighted by Gasteiger charge is 2.10. The fourth-order valence-corrected chi connectivity index (χ4v) is 3.44. The van der Waals surface area contributed by atoms with Crippen molar-refractivity contribution in [2.75, 3.05) is 11.9 Å². The second kappa shape index (κ2) is 8.66. The maximum absolute atomic E-state index is 12.6. The molecule has 0 bridgehead atoms. The molecular weight excluding hydrogens is 374 g/mol. The smallest absolute Gasteiger partial charge is 0.255 e. The Labute approximate surface area is 175 Å². The van der Waals surface area contributed by atoms with Crippen LogP contribution in [-0.2, 0) is 6.42 Å². The number of hydrogen-bond donors (Lipinski definition) is 3. The number of carbonyl (C=O) groups excluding carboxylic acids is 2. The number of aromatic nitrogens is 1. The van der Waals surface area contributed by atoms with Gasteiger partial charge in [0.15, 0.2) is 0 Å². The van der Waals surface area contributed by atoms with Crippen molar-refractivity contribution in [1.29, 1.82) is 0 Å². The molecule has 0 aliphatic carbocycles. The van der Waals surface area contributed by atoms with Crippen LogP contribution in [0.5, 0.6) is 0 Å². The Bertz CT molecular complexity index is 1200. The van der Waals surface area contributed by atoms with Gasteiger partial charge in [0.1, 0.15) is 0 Å². The molecule has 0 spiro atoms. The van der Waals surface area contributed by atoms with Gasteiger partial charge in [0.2, 0.25) is 0 Å². The lowest BCUT2D eigenvalue weighted by Crippen LogP contribution is -2.25. The van der Waals surface area contributed by atoms with E-state index in [1.165, 1.54) is 16.5 Å². The fourth-order valence-electron chi connectivity index (χ4n) is 3.44. The number of hydrogen-bond acceptors (Lipinski definition) is 2. The number of aromatic amines is 1. The van der Waals surface area contributed by atoms with Crippen LogP contribution in [0.4, 0.5) is 5.69 Å². The van der Waals surface area contributed by atoms with Crippen molar-refractivity contribution in [1.82, 2.24) is 10.3 Å². The second-order valence-electron chi connectivity index (χ2n) is 7.27. The first kappa shape index (κ1) is 19.5. The lowest BCUT2D eigenvalue weighted by molar-refractivity contribution is 0.0952. The van der Waals surface area contributed by atoms with E-state index in [0.717, 1.165) is 11.9 Å². The number of nitrogens with one attached hydrogen (secondary N) is 3. The summed E-state index contributed by atoms with van der Waals surface area (Å²) < 4.78 is 0. The van der Waals surface area contributed by atoms with Gasteiger partial charge in [-0.15, -0.1) is 0 Å². The minimum absolute atomic E-state index is 0.165. The molecule has 0 aliphatic rings. The quantitative estimate of drug-likeness (QED) is 0.441. The van der Waals surface area contributed by atoms with Crippen molar-refractivity contribution in [3.8, 4) is 0 Å². The summed E-state index contributed by atoms with van der Waals surface area (Å²) in [4.78, 5) is 28.2. The summed E-state index contributed by atoms with van der Waals surface area (Å²) in [5, 5.41) is 6.99. The van der Waals surface area contributed by atoms with Crippen LogP contribution in [0.2, 0.25) is 0 Å². The van der Waals surface area contributed by atoms with Crippen LogP contribution < -0.4 is 10.6 Å². The molecule has 1 heterocycles. The van der Waals surface area contributed by atoms with Crippen molar-refractivity contribution in [2.45, 2.75) is 13.3 Å². The number of aryl methyl sites for hydroxylation is 1. The van der Waals surface area contributed by atoms with Gasteiger partial charge < -0.3 is 15.6 Å². The number of H-pyrrole nitrogens is 1. The Morgan fingerprint density at radius 2 is 1.67 bits per heavy atom. The molecule has 1 aromatic heterocycles.